The molecule has 0 saturated heterocycles. The summed E-state index contributed by atoms with van der Waals surface area (Å²) in [5, 5.41) is 5.40. The van der Waals surface area contributed by atoms with Crippen LogP contribution in [0.5, 0.6) is 0 Å². The van der Waals surface area contributed by atoms with Gasteiger partial charge in [-0.15, -0.1) is 0 Å². The molecule has 0 atom stereocenters. The third-order valence-electron chi connectivity index (χ3n) is 3.64. The van der Waals surface area contributed by atoms with Crippen LogP contribution in [0.25, 0.3) is 11.1 Å². The van der Waals surface area contributed by atoms with Gasteiger partial charge in [0, 0.05) is 37.9 Å². The van der Waals surface area contributed by atoms with Gasteiger partial charge < -0.3 is 10.2 Å². The van der Waals surface area contributed by atoms with Gasteiger partial charge in [0.2, 0.25) is 0 Å². The van der Waals surface area contributed by atoms with E-state index in [9.17, 15) is 4.79 Å². The maximum absolute atomic E-state index is 12.0. The van der Waals surface area contributed by atoms with E-state index in [1.807, 2.05) is 44.4 Å². The first-order chi connectivity index (χ1) is 12.1. The summed E-state index contributed by atoms with van der Waals surface area (Å²) in [4.78, 5) is 21.9. The van der Waals surface area contributed by atoms with Gasteiger partial charge in [0.05, 0.1) is 6.20 Å². The van der Waals surface area contributed by atoms with E-state index in [4.69, 9.17) is 0 Å². The predicted molar refractivity (Wildman–Crippen MR) is 101 cm³/mol. The van der Waals surface area contributed by atoms with Gasteiger partial charge in [0.15, 0.2) is 5.82 Å². The summed E-state index contributed by atoms with van der Waals surface area (Å²) in [6, 6.07) is 15.6. The van der Waals surface area contributed by atoms with Crippen molar-refractivity contribution in [2.75, 3.05) is 29.6 Å². The average molecular weight is 333 g/mol. The molecule has 3 aromatic rings. The molecule has 126 valence electrons. The predicted octanol–water partition coefficient (Wildman–Crippen LogP) is 3.85. The van der Waals surface area contributed by atoms with Crippen molar-refractivity contribution in [3.05, 3.63) is 67.1 Å². The van der Waals surface area contributed by atoms with Crippen LogP contribution in [0.4, 0.5) is 22.0 Å². The van der Waals surface area contributed by atoms with Crippen LogP contribution >= 0.6 is 0 Å². The van der Waals surface area contributed by atoms with Crippen LogP contribution in [0.3, 0.4) is 0 Å². The summed E-state index contributed by atoms with van der Waals surface area (Å²) < 4.78 is 0. The molecule has 0 aliphatic heterocycles. The fraction of sp³-hybridized carbons (Fsp3) is 0.105. The highest BCUT2D eigenvalue weighted by Gasteiger charge is 2.05. The molecule has 0 aliphatic carbocycles. The molecule has 6 heteroatoms. The molecular weight excluding hydrogens is 314 g/mol. The highest BCUT2D eigenvalue weighted by atomic mass is 16.2. The van der Waals surface area contributed by atoms with Crippen LogP contribution in [0.15, 0.2) is 67.1 Å². The van der Waals surface area contributed by atoms with Gasteiger partial charge in [0.1, 0.15) is 0 Å². The molecule has 0 aliphatic rings. The van der Waals surface area contributed by atoms with Crippen LogP contribution in [0.2, 0.25) is 0 Å². The molecule has 0 radical (unpaired) electrons. The minimum absolute atomic E-state index is 0.358. The van der Waals surface area contributed by atoms with Crippen LogP contribution in [-0.4, -0.2) is 30.1 Å². The molecule has 2 aromatic carbocycles. The number of benzene rings is 2. The number of anilines is 3. The van der Waals surface area contributed by atoms with E-state index in [1.54, 1.807) is 6.20 Å². The molecule has 1 aromatic heterocycles. The van der Waals surface area contributed by atoms with Gasteiger partial charge in [-0.2, -0.15) is 0 Å². The summed E-state index contributed by atoms with van der Waals surface area (Å²) in [7, 11) is 4.03. The Morgan fingerprint density at radius 2 is 1.76 bits per heavy atom. The second-order valence-corrected chi connectivity index (χ2v) is 5.69. The third-order valence-corrected chi connectivity index (χ3v) is 3.64. The quantitative estimate of drug-likeness (QED) is 0.761. The Labute approximate surface area is 146 Å². The molecule has 0 fully saturated rings. The van der Waals surface area contributed by atoms with Crippen molar-refractivity contribution in [2.45, 2.75) is 0 Å². The second-order valence-electron chi connectivity index (χ2n) is 5.69. The minimum Gasteiger partial charge on any atom is -0.378 e. The molecule has 25 heavy (non-hydrogen) atoms. The first-order valence-corrected chi connectivity index (χ1v) is 7.84. The molecular formula is C19H19N5O. The number of carbonyl (C=O) groups excluding carboxylic acids is 1. The van der Waals surface area contributed by atoms with E-state index in [0.29, 0.717) is 11.5 Å². The van der Waals surface area contributed by atoms with Crippen molar-refractivity contribution in [2.24, 2.45) is 0 Å². The molecule has 3 rings (SSSR count). The van der Waals surface area contributed by atoms with Gasteiger partial charge in [-0.05, 0) is 35.4 Å². The number of hydrogen-bond acceptors (Lipinski definition) is 4. The number of hydrogen-bond donors (Lipinski definition) is 2. The van der Waals surface area contributed by atoms with E-state index in [0.717, 1.165) is 16.8 Å². The molecule has 2 N–H and O–H groups in total. The molecule has 1 heterocycles. The number of carbonyl (C=O) groups is 1. The Morgan fingerprint density at radius 1 is 0.960 bits per heavy atom. The normalized spacial score (nSPS) is 10.2. The van der Waals surface area contributed by atoms with Crippen LogP contribution < -0.4 is 15.5 Å². The molecule has 2 amide bonds. The van der Waals surface area contributed by atoms with Crippen LogP contribution in [0, 0.1) is 0 Å². The number of nitrogens with one attached hydrogen (secondary N) is 2. The van der Waals surface area contributed by atoms with Crippen LogP contribution in [-0.2, 0) is 0 Å². The lowest BCUT2D eigenvalue weighted by molar-refractivity contribution is 0.262. The van der Waals surface area contributed by atoms with Gasteiger partial charge >= 0.3 is 6.03 Å². The zero-order chi connectivity index (χ0) is 17.6. The highest BCUT2D eigenvalue weighted by Crippen LogP contribution is 2.25. The Bertz CT molecular complexity index is 847. The molecule has 0 saturated carbocycles. The Morgan fingerprint density at radius 3 is 2.44 bits per heavy atom. The van der Waals surface area contributed by atoms with E-state index in [1.165, 1.54) is 12.4 Å². The summed E-state index contributed by atoms with van der Waals surface area (Å²) in [5.74, 6) is 0.400. The standard InChI is InChI=1S/C19H19N5O/c1-24(2)17-5-3-4-15(12-17)14-6-8-16(9-7-14)22-19(25)23-18-13-20-10-11-21-18/h3-13H,1-2H3,(H2,21,22,23,25). The molecule has 0 unspecified atom stereocenters. The maximum atomic E-state index is 12.0. The Kier molecular flexibility index (Phi) is 4.89. The minimum atomic E-state index is -0.358. The number of nitrogens with zero attached hydrogens (tertiary/aromatic N) is 3. The van der Waals surface area contributed by atoms with Gasteiger partial charge in [-0.25, -0.2) is 9.78 Å². The van der Waals surface area contributed by atoms with E-state index >= 15 is 0 Å². The lowest BCUT2D eigenvalue weighted by atomic mass is 10.0. The molecule has 0 spiro atoms. The van der Waals surface area contributed by atoms with Crippen molar-refractivity contribution in [1.82, 2.24) is 9.97 Å². The fourth-order valence-corrected chi connectivity index (χ4v) is 2.35. The summed E-state index contributed by atoms with van der Waals surface area (Å²) in [6.07, 6.45) is 4.56. The Hall–Kier alpha value is -3.41. The number of urea groups is 1. The van der Waals surface area contributed by atoms with Crippen molar-refractivity contribution >= 4 is 23.2 Å². The number of aromatic nitrogens is 2. The fourth-order valence-electron chi connectivity index (χ4n) is 2.35. The molecule has 6 nitrogen and oxygen atoms in total. The average Bonchev–Trinajstić information content (AvgIpc) is 2.63. The topological polar surface area (TPSA) is 70.2 Å². The third kappa shape index (κ3) is 4.32. The number of rotatable bonds is 4. The maximum Gasteiger partial charge on any atom is 0.324 e. The van der Waals surface area contributed by atoms with Gasteiger partial charge in [0.25, 0.3) is 0 Å². The lowest BCUT2D eigenvalue weighted by Crippen LogP contribution is -2.20. The lowest BCUT2D eigenvalue weighted by Gasteiger charge is -2.14. The zero-order valence-electron chi connectivity index (χ0n) is 14.1. The first kappa shape index (κ1) is 16.4. The van der Waals surface area contributed by atoms with Gasteiger partial charge in [-0.3, -0.25) is 10.3 Å². The van der Waals surface area contributed by atoms with E-state index in [-0.39, 0.29) is 6.03 Å². The van der Waals surface area contributed by atoms with Crippen molar-refractivity contribution in [3.8, 4) is 11.1 Å². The van der Waals surface area contributed by atoms with Crippen molar-refractivity contribution < 1.29 is 4.79 Å². The zero-order valence-corrected chi connectivity index (χ0v) is 14.1. The summed E-state index contributed by atoms with van der Waals surface area (Å²) in [5.41, 5.74) is 4.06. The van der Waals surface area contributed by atoms with E-state index in [2.05, 4.69) is 43.7 Å². The SMILES string of the molecule is CN(C)c1cccc(-c2ccc(NC(=O)Nc3cnccn3)cc2)c1. The van der Waals surface area contributed by atoms with Gasteiger partial charge in [-0.1, -0.05) is 24.3 Å². The van der Waals surface area contributed by atoms with Crippen molar-refractivity contribution in [3.63, 3.8) is 0 Å². The number of amides is 2. The second kappa shape index (κ2) is 7.44. The van der Waals surface area contributed by atoms with E-state index < -0.39 is 0 Å². The Balaban J connectivity index is 1.68. The summed E-state index contributed by atoms with van der Waals surface area (Å²) >= 11 is 0. The van der Waals surface area contributed by atoms with Crippen LogP contribution in [0.1, 0.15) is 0 Å². The monoisotopic (exact) mass is 333 g/mol. The summed E-state index contributed by atoms with van der Waals surface area (Å²) in [6.45, 7) is 0. The highest BCUT2D eigenvalue weighted by molar-refractivity contribution is 5.99. The smallest absolute Gasteiger partial charge is 0.324 e. The largest absolute Gasteiger partial charge is 0.378 e. The molecule has 0 bridgehead atoms. The first-order valence-electron chi connectivity index (χ1n) is 7.84. The van der Waals surface area contributed by atoms with Crippen molar-refractivity contribution in [1.29, 1.82) is 0 Å².